The van der Waals surface area contributed by atoms with Gasteiger partial charge in [-0.1, -0.05) is 34.1 Å². The molecule has 1 heterocycles. The molecule has 0 amide bonds. The van der Waals surface area contributed by atoms with Crippen molar-refractivity contribution in [1.82, 2.24) is 0 Å². The summed E-state index contributed by atoms with van der Waals surface area (Å²) in [7, 11) is 1.36. The van der Waals surface area contributed by atoms with E-state index < -0.39 is 36.7 Å². The zero-order valence-electron chi connectivity index (χ0n) is 11.4. The van der Waals surface area contributed by atoms with Crippen LogP contribution in [-0.2, 0) is 14.2 Å². The maximum Gasteiger partial charge on any atom is 0.338 e. The number of methoxy groups -OCH3 is 1. The second-order valence-electron chi connectivity index (χ2n) is 4.65. The van der Waals surface area contributed by atoms with Crippen LogP contribution in [0.1, 0.15) is 10.4 Å². The minimum absolute atomic E-state index is 0.323. The van der Waals surface area contributed by atoms with Gasteiger partial charge in [-0.3, -0.25) is 0 Å². The zero-order chi connectivity index (χ0) is 15.4. The lowest BCUT2D eigenvalue weighted by atomic mass is 9.99. The van der Waals surface area contributed by atoms with Crippen LogP contribution in [0.25, 0.3) is 0 Å². The van der Waals surface area contributed by atoms with Crippen LogP contribution in [0.4, 0.5) is 0 Å². The molecule has 2 rings (SSSR count). The van der Waals surface area contributed by atoms with Crippen molar-refractivity contribution >= 4 is 21.9 Å². The summed E-state index contributed by atoms with van der Waals surface area (Å²) in [4.78, 5) is 12.1. The topological polar surface area (TPSA) is 85.2 Å². The van der Waals surface area contributed by atoms with Crippen molar-refractivity contribution in [2.75, 3.05) is 12.4 Å². The van der Waals surface area contributed by atoms with E-state index in [9.17, 15) is 15.0 Å². The standard InChI is InChI=1S/C14H17BrO6/c1-19-14-11(17)10(16)12(9(7-15)20-14)21-13(18)8-5-3-2-4-6-8/h2-6,9-12,14,16-17H,7H2,1H3/t9-,10-,11-,12+,14?/m1/s1. The van der Waals surface area contributed by atoms with Gasteiger partial charge in [-0.15, -0.1) is 0 Å². The summed E-state index contributed by atoms with van der Waals surface area (Å²) in [6.45, 7) is 0. The van der Waals surface area contributed by atoms with Crippen molar-refractivity contribution in [2.45, 2.75) is 30.7 Å². The number of aliphatic hydroxyl groups is 2. The SMILES string of the molecule is COC1O[C@H](CBr)[C@H](OC(=O)c2ccccc2)[C@H](O)[C@H]1O. The van der Waals surface area contributed by atoms with E-state index in [0.29, 0.717) is 10.9 Å². The van der Waals surface area contributed by atoms with Gasteiger partial charge in [0.1, 0.15) is 18.3 Å². The number of carbonyl (C=O) groups is 1. The summed E-state index contributed by atoms with van der Waals surface area (Å²) in [5.41, 5.74) is 0.362. The van der Waals surface area contributed by atoms with E-state index >= 15 is 0 Å². The van der Waals surface area contributed by atoms with Crippen LogP contribution in [0.2, 0.25) is 0 Å². The van der Waals surface area contributed by atoms with E-state index in [1.807, 2.05) is 0 Å². The highest BCUT2D eigenvalue weighted by Crippen LogP contribution is 2.26. The van der Waals surface area contributed by atoms with Gasteiger partial charge in [0.05, 0.1) is 5.56 Å². The van der Waals surface area contributed by atoms with Crippen LogP contribution in [0, 0.1) is 0 Å². The van der Waals surface area contributed by atoms with Crippen molar-refractivity contribution in [3.63, 3.8) is 0 Å². The molecular formula is C14H17BrO6. The van der Waals surface area contributed by atoms with Crippen LogP contribution >= 0.6 is 15.9 Å². The predicted octanol–water partition coefficient (Wildman–Crippen LogP) is 0.700. The number of hydrogen-bond acceptors (Lipinski definition) is 6. The molecule has 1 aliphatic rings. The summed E-state index contributed by atoms with van der Waals surface area (Å²) >= 11 is 3.24. The van der Waals surface area contributed by atoms with Gasteiger partial charge < -0.3 is 24.4 Å². The first-order valence-corrected chi connectivity index (χ1v) is 7.57. The summed E-state index contributed by atoms with van der Waals surface area (Å²) in [6, 6.07) is 8.42. The number of benzene rings is 1. The molecule has 0 saturated carbocycles. The minimum atomic E-state index is -1.29. The molecule has 1 saturated heterocycles. The Kier molecular flexibility index (Phi) is 5.72. The molecule has 0 radical (unpaired) electrons. The Hall–Kier alpha value is -0.990. The second kappa shape index (κ2) is 7.33. The summed E-state index contributed by atoms with van der Waals surface area (Å²) in [5.74, 6) is -0.586. The van der Waals surface area contributed by atoms with Gasteiger partial charge in [0, 0.05) is 12.4 Å². The van der Waals surface area contributed by atoms with Gasteiger partial charge >= 0.3 is 5.97 Å². The second-order valence-corrected chi connectivity index (χ2v) is 5.30. The largest absolute Gasteiger partial charge is 0.453 e. The molecular weight excluding hydrogens is 344 g/mol. The summed E-state index contributed by atoms with van der Waals surface area (Å²) in [5, 5.41) is 20.3. The third-order valence-electron chi connectivity index (χ3n) is 3.28. The molecule has 21 heavy (non-hydrogen) atoms. The molecule has 1 aromatic rings. The van der Waals surface area contributed by atoms with Crippen LogP contribution in [0.5, 0.6) is 0 Å². The van der Waals surface area contributed by atoms with E-state index in [-0.39, 0.29) is 0 Å². The third kappa shape index (κ3) is 3.61. The molecule has 1 aromatic carbocycles. The average molecular weight is 361 g/mol. The quantitative estimate of drug-likeness (QED) is 0.607. The average Bonchev–Trinajstić information content (AvgIpc) is 2.53. The Morgan fingerprint density at radius 1 is 1.29 bits per heavy atom. The normalized spacial score (nSPS) is 32.7. The van der Waals surface area contributed by atoms with Crippen LogP contribution in [0.3, 0.4) is 0 Å². The number of rotatable bonds is 4. The van der Waals surface area contributed by atoms with E-state index in [4.69, 9.17) is 14.2 Å². The number of alkyl halides is 1. The molecule has 2 N–H and O–H groups in total. The Labute approximate surface area is 130 Å². The maximum atomic E-state index is 12.1. The number of aliphatic hydroxyl groups excluding tert-OH is 2. The fourth-order valence-electron chi connectivity index (χ4n) is 2.14. The summed E-state index contributed by atoms with van der Waals surface area (Å²) < 4.78 is 15.7. The van der Waals surface area contributed by atoms with Crippen molar-refractivity contribution < 1.29 is 29.2 Å². The molecule has 5 atom stereocenters. The monoisotopic (exact) mass is 360 g/mol. The highest BCUT2D eigenvalue weighted by atomic mass is 79.9. The first-order chi connectivity index (χ1) is 10.1. The first kappa shape index (κ1) is 16.4. The molecule has 0 bridgehead atoms. The third-order valence-corrected chi connectivity index (χ3v) is 3.92. The van der Waals surface area contributed by atoms with Gasteiger partial charge in [0.15, 0.2) is 12.4 Å². The fourth-order valence-corrected chi connectivity index (χ4v) is 2.66. The molecule has 7 heteroatoms. The van der Waals surface area contributed by atoms with Crippen LogP contribution in [0.15, 0.2) is 30.3 Å². The molecule has 1 unspecified atom stereocenters. The highest BCUT2D eigenvalue weighted by Gasteiger charge is 2.46. The predicted molar refractivity (Wildman–Crippen MR) is 77.1 cm³/mol. The van der Waals surface area contributed by atoms with Crippen molar-refractivity contribution in [3.8, 4) is 0 Å². The van der Waals surface area contributed by atoms with E-state index in [1.54, 1.807) is 30.3 Å². The lowest BCUT2D eigenvalue weighted by molar-refractivity contribution is -0.284. The molecule has 116 valence electrons. The first-order valence-electron chi connectivity index (χ1n) is 6.45. The van der Waals surface area contributed by atoms with Crippen LogP contribution in [-0.4, -0.2) is 59.3 Å². The fraction of sp³-hybridized carbons (Fsp3) is 0.500. The molecule has 1 aliphatic heterocycles. The van der Waals surface area contributed by atoms with Gasteiger partial charge in [-0.25, -0.2) is 4.79 Å². The summed E-state index contributed by atoms with van der Waals surface area (Å²) in [6.07, 6.45) is -5.16. The Bertz CT molecular complexity index is 466. The van der Waals surface area contributed by atoms with Gasteiger partial charge in [-0.05, 0) is 12.1 Å². The number of hydrogen-bond donors (Lipinski definition) is 2. The van der Waals surface area contributed by atoms with Gasteiger partial charge in [0.25, 0.3) is 0 Å². The Morgan fingerprint density at radius 2 is 1.95 bits per heavy atom. The smallest absolute Gasteiger partial charge is 0.338 e. The lowest BCUT2D eigenvalue weighted by Gasteiger charge is -2.40. The molecule has 6 nitrogen and oxygen atoms in total. The molecule has 1 fully saturated rings. The van der Waals surface area contributed by atoms with E-state index in [1.165, 1.54) is 7.11 Å². The zero-order valence-corrected chi connectivity index (χ0v) is 13.0. The van der Waals surface area contributed by atoms with Gasteiger partial charge in [-0.2, -0.15) is 0 Å². The Morgan fingerprint density at radius 3 is 2.52 bits per heavy atom. The van der Waals surface area contributed by atoms with Crippen molar-refractivity contribution in [1.29, 1.82) is 0 Å². The van der Waals surface area contributed by atoms with E-state index in [0.717, 1.165) is 0 Å². The van der Waals surface area contributed by atoms with Gasteiger partial charge in [0.2, 0.25) is 0 Å². The van der Waals surface area contributed by atoms with Crippen molar-refractivity contribution in [3.05, 3.63) is 35.9 Å². The van der Waals surface area contributed by atoms with Crippen molar-refractivity contribution in [2.24, 2.45) is 0 Å². The minimum Gasteiger partial charge on any atom is -0.453 e. The highest BCUT2D eigenvalue weighted by molar-refractivity contribution is 9.09. The number of esters is 1. The molecule has 0 aliphatic carbocycles. The van der Waals surface area contributed by atoms with Crippen LogP contribution < -0.4 is 0 Å². The molecule has 0 spiro atoms. The molecule has 0 aromatic heterocycles. The number of ether oxygens (including phenoxy) is 3. The maximum absolute atomic E-state index is 12.1. The number of carbonyl (C=O) groups excluding carboxylic acids is 1. The lowest BCUT2D eigenvalue weighted by Crippen LogP contribution is -2.59. The Balaban J connectivity index is 2.11. The van der Waals surface area contributed by atoms with E-state index in [2.05, 4.69) is 15.9 Å². The number of halogens is 1.